The van der Waals surface area contributed by atoms with E-state index in [0.717, 1.165) is 5.56 Å². The number of nitrogens with one attached hydrogen (secondary N) is 1. The normalized spacial score (nSPS) is 11.9. The van der Waals surface area contributed by atoms with Gasteiger partial charge in [0.05, 0.1) is 5.69 Å². The summed E-state index contributed by atoms with van der Waals surface area (Å²) in [6.07, 6.45) is 0. The molecule has 9 heteroatoms. The lowest BCUT2D eigenvalue weighted by Gasteiger charge is -2.15. The number of hydrogen-bond acceptors (Lipinski definition) is 5. The zero-order valence-electron chi connectivity index (χ0n) is 11.9. The molecule has 114 valence electrons. The lowest BCUT2D eigenvalue weighted by atomic mass is 10.2. The molecule has 0 saturated carbocycles. The molecule has 1 aromatic heterocycles. The Morgan fingerprint density at radius 1 is 1.33 bits per heavy atom. The van der Waals surface area contributed by atoms with E-state index >= 15 is 0 Å². The molecule has 0 unspecified atom stereocenters. The van der Waals surface area contributed by atoms with E-state index in [1.165, 1.54) is 11.7 Å². The van der Waals surface area contributed by atoms with Gasteiger partial charge in [0.1, 0.15) is 0 Å². The summed E-state index contributed by atoms with van der Waals surface area (Å²) >= 11 is 3.10. The molecule has 0 amide bonds. The molecule has 7 nitrogen and oxygen atoms in total. The van der Waals surface area contributed by atoms with Crippen molar-refractivity contribution in [3.05, 3.63) is 34.4 Å². The van der Waals surface area contributed by atoms with Crippen LogP contribution in [-0.2, 0) is 23.6 Å². The molecule has 0 bridgehead atoms. The average Bonchev–Trinajstić information content (AvgIpc) is 2.71. The van der Waals surface area contributed by atoms with Gasteiger partial charge in [-0.25, -0.2) is 4.68 Å². The first kappa shape index (κ1) is 15.9. The highest BCUT2D eigenvalue weighted by atomic mass is 79.9. The van der Waals surface area contributed by atoms with Crippen LogP contribution < -0.4 is 4.72 Å². The summed E-state index contributed by atoms with van der Waals surface area (Å²) in [6.45, 7) is 0.628. The molecule has 0 aliphatic rings. The fourth-order valence-electron chi connectivity index (χ4n) is 1.90. The van der Waals surface area contributed by atoms with Crippen LogP contribution in [0.3, 0.4) is 0 Å². The Morgan fingerprint density at radius 2 is 2.00 bits per heavy atom. The maximum atomic E-state index is 12.5. The minimum Gasteiger partial charge on any atom is -0.305 e. The first-order valence-electron chi connectivity index (χ1n) is 6.12. The van der Waals surface area contributed by atoms with Gasteiger partial charge in [-0.1, -0.05) is 23.4 Å². The monoisotopic (exact) mass is 373 g/mol. The molecule has 0 saturated heterocycles. The van der Waals surface area contributed by atoms with E-state index in [0.29, 0.717) is 12.2 Å². The smallest absolute Gasteiger partial charge is 0.281 e. The van der Waals surface area contributed by atoms with Crippen molar-refractivity contribution in [1.29, 1.82) is 0 Å². The zero-order valence-corrected chi connectivity index (χ0v) is 14.3. The van der Waals surface area contributed by atoms with Crippen molar-refractivity contribution in [3.8, 4) is 0 Å². The minimum absolute atomic E-state index is 0.0119. The number of para-hydroxylation sites is 1. The molecular weight excluding hydrogens is 358 g/mol. The molecule has 0 radical (unpaired) electrons. The van der Waals surface area contributed by atoms with Crippen molar-refractivity contribution in [1.82, 2.24) is 19.9 Å². The third kappa shape index (κ3) is 3.60. The zero-order chi connectivity index (χ0) is 15.6. The highest BCUT2D eigenvalue weighted by Crippen LogP contribution is 2.24. The SMILES string of the molecule is CN(C)Cc1ccccc1NS(=O)(=O)c1c(Br)nnn1C. The first-order valence-corrected chi connectivity index (χ1v) is 8.39. The van der Waals surface area contributed by atoms with Crippen LogP contribution in [0.1, 0.15) is 5.56 Å². The molecule has 0 aliphatic heterocycles. The van der Waals surface area contributed by atoms with Crippen molar-refractivity contribution in [2.75, 3.05) is 18.8 Å². The van der Waals surface area contributed by atoms with Crippen LogP contribution in [0.25, 0.3) is 0 Å². The summed E-state index contributed by atoms with van der Waals surface area (Å²) in [6, 6.07) is 7.27. The minimum atomic E-state index is -3.77. The van der Waals surface area contributed by atoms with Crippen molar-refractivity contribution < 1.29 is 8.42 Å². The van der Waals surface area contributed by atoms with Crippen molar-refractivity contribution >= 4 is 31.6 Å². The molecule has 2 aromatic rings. The summed E-state index contributed by atoms with van der Waals surface area (Å²) in [7, 11) is 1.61. The van der Waals surface area contributed by atoms with Crippen LogP contribution in [0.15, 0.2) is 33.9 Å². The molecular formula is C12H16BrN5O2S. The van der Waals surface area contributed by atoms with E-state index < -0.39 is 10.0 Å². The number of aromatic nitrogens is 3. The maximum absolute atomic E-state index is 12.5. The summed E-state index contributed by atoms with van der Waals surface area (Å²) in [5.41, 5.74) is 1.43. The van der Waals surface area contributed by atoms with Gasteiger partial charge in [-0.15, -0.1) is 5.10 Å². The van der Waals surface area contributed by atoms with E-state index in [-0.39, 0.29) is 9.63 Å². The Morgan fingerprint density at radius 3 is 2.57 bits per heavy atom. The van der Waals surface area contributed by atoms with Gasteiger partial charge in [0.25, 0.3) is 10.0 Å². The van der Waals surface area contributed by atoms with Crippen LogP contribution in [0.2, 0.25) is 0 Å². The number of aryl methyl sites for hydroxylation is 1. The number of hydrogen-bond donors (Lipinski definition) is 1. The third-order valence-electron chi connectivity index (χ3n) is 2.74. The van der Waals surface area contributed by atoms with Crippen LogP contribution in [0, 0.1) is 0 Å². The van der Waals surface area contributed by atoms with Crippen LogP contribution in [0.5, 0.6) is 0 Å². The number of nitrogens with zero attached hydrogens (tertiary/aromatic N) is 4. The van der Waals surface area contributed by atoms with E-state index in [1.807, 2.05) is 31.1 Å². The van der Waals surface area contributed by atoms with E-state index in [1.54, 1.807) is 12.1 Å². The van der Waals surface area contributed by atoms with Crippen LogP contribution in [0.4, 0.5) is 5.69 Å². The topological polar surface area (TPSA) is 80.1 Å². The van der Waals surface area contributed by atoms with E-state index in [4.69, 9.17) is 0 Å². The Labute approximate surface area is 132 Å². The van der Waals surface area contributed by atoms with Crippen LogP contribution in [-0.4, -0.2) is 42.4 Å². The summed E-state index contributed by atoms with van der Waals surface area (Å²) in [4.78, 5) is 1.97. The predicted octanol–water partition coefficient (Wildman–Crippen LogP) is 1.44. The lowest BCUT2D eigenvalue weighted by molar-refractivity contribution is 0.403. The molecule has 0 spiro atoms. The van der Waals surface area contributed by atoms with Gasteiger partial charge in [-0.2, -0.15) is 8.42 Å². The van der Waals surface area contributed by atoms with Gasteiger partial charge in [0, 0.05) is 13.6 Å². The second kappa shape index (κ2) is 6.12. The Bertz CT molecular complexity index is 722. The largest absolute Gasteiger partial charge is 0.305 e. The van der Waals surface area contributed by atoms with Crippen LogP contribution >= 0.6 is 15.9 Å². The quantitative estimate of drug-likeness (QED) is 0.857. The molecule has 1 N–H and O–H groups in total. The van der Waals surface area contributed by atoms with Gasteiger partial charge >= 0.3 is 0 Å². The first-order chi connectivity index (χ1) is 9.81. The summed E-state index contributed by atoms with van der Waals surface area (Å²) in [5.74, 6) is 0. The molecule has 21 heavy (non-hydrogen) atoms. The molecule has 1 heterocycles. The number of rotatable bonds is 5. The lowest BCUT2D eigenvalue weighted by Crippen LogP contribution is -2.19. The second-order valence-corrected chi connectivity index (χ2v) is 7.16. The molecule has 2 rings (SSSR count). The Balaban J connectivity index is 2.38. The summed E-state index contributed by atoms with van der Waals surface area (Å²) in [5, 5.41) is 7.37. The van der Waals surface area contributed by atoms with Gasteiger partial charge < -0.3 is 4.90 Å². The number of anilines is 1. The molecule has 0 aliphatic carbocycles. The van der Waals surface area contributed by atoms with Crippen molar-refractivity contribution in [2.45, 2.75) is 11.6 Å². The molecule has 0 atom stereocenters. The Kier molecular flexibility index (Phi) is 4.64. The molecule has 1 aromatic carbocycles. The fraction of sp³-hybridized carbons (Fsp3) is 0.333. The van der Waals surface area contributed by atoms with Gasteiger partial charge in [-0.05, 0) is 41.7 Å². The Hall–Kier alpha value is -1.45. The van der Waals surface area contributed by atoms with Crippen molar-refractivity contribution in [2.24, 2.45) is 7.05 Å². The van der Waals surface area contributed by atoms with Gasteiger partial charge in [0.2, 0.25) is 5.03 Å². The number of sulfonamides is 1. The number of benzene rings is 1. The predicted molar refractivity (Wildman–Crippen MR) is 83.3 cm³/mol. The highest BCUT2D eigenvalue weighted by Gasteiger charge is 2.24. The molecule has 0 fully saturated rings. The third-order valence-corrected chi connectivity index (χ3v) is 4.99. The van der Waals surface area contributed by atoms with Gasteiger partial charge in [0.15, 0.2) is 4.60 Å². The summed E-state index contributed by atoms with van der Waals surface area (Å²) < 4.78 is 29.0. The number of halogens is 1. The standard InChI is InChI=1S/C12H16BrN5O2S/c1-17(2)8-9-6-4-5-7-10(9)15-21(19,20)12-11(13)14-16-18(12)3/h4-7,15H,8H2,1-3H3. The van der Waals surface area contributed by atoms with E-state index in [9.17, 15) is 8.42 Å². The van der Waals surface area contributed by atoms with Crippen molar-refractivity contribution in [3.63, 3.8) is 0 Å². The second-order valence-electron chi connectivity index (χ2n) is 4.81. The highest BCUT2D eigenvalue weighted by molar-refractivity contribution is 9.10. The maximum Gasteiger partial charge on any atom is 0.281 e. The van der Waals surface area contributed by atoms with E-state index in [2.05, 4.69) is 31.0 Å². The average molecular weight is 374 g/mol. The fourth-order valence-corrected chi connectivity index (χ4v) is 4.10. The van der Waals surface area contributed by atoms with Gasteiger partial charge in [-0.3, -0.25) is 4.72 Å².